The number of hydrogen-bond acceptors (Lipinski definition) is 23. The first-order valence-corrected chi connectivity index (χ1v) is 41.1. The third-order valence-corrected chi connectivity index (χ3v) is 25.8. The second kappa shape index (κ2) is 38.6. The molecule has 3 atom stereocenters. The summed E-state index contributed by atoms with van der Waals surface area (Å²) in [5.74, 6) is 2.75. The predicted molar refractivity (Wildman–Crippen MR) is 460 cm³/mol. The number of anilines is 3. The number of benzene rings is 3. The second-order valence-electron chi connectivity index (χ2n) is 32.2. The van der Waals surface area contributed by atoms with Crippen LogP contribution in [0.15, 0.2) is 167 Å². The van der Waals surface area contributed by atoms with Crippen molar-refractivity contribution in [2.45, 2.75) is 194 Å². The van der Waals surface area contributed by atoms with Gasteiger partial charge in [-0.1, -0.05) is 98.2 Å². The Hall–Kier alpha value is -9.61. The fraction of sp³-hybridized carbons (Fsp3) is 0.425. The quantitative estimate of drug-likeness (QED) is 0.0523. The van der Waals surface area contributed by atoms with Crippen molar-refractivity contribution in [3.63, 3.8) is 0 Å². The smallest absolute Gasteiger partial charge is 0.813 e. The van der Waals surface area contributed by atoms with Crippen LogP contribution in [0.2, 0.25) is 5.02 Å². The fourth-order valence-corrected chi connectivity index (χ4v) is 19.8. The molecule has 12 heterocycles. The number of imidazole rings is 3. The molecule has 4 N–H and O–H groups in total. The number of halogens is 2. The third kappa shape index (κ3) is 19.3. The second-order valence-corrected chi connectivity index (χ2v) is 34.8. The SMILES string of the molecule is C.CC(C)(C)OC(=O)N[C@@H]1CCCC12CCN(c1nc[c-]c3nccn13)CC2.CC(C)(C)OC(=O)N[C@@H]1CCCC12CCN(c1ncc(Sc3ccnc4c(C#N)cccc34)c3nccn13)CC2.N#Cc1cccc2c(Cl)ccnc12.N#Cc1cccc2c(Sc3cnc(N4CCC5(CCC[C@H]5N)CC4)n4ccnc34)ccnc12.[2H]CF.[Na+].[SH-]. The van der Waals surface area contributed by atoms with E-state index in [2.05, 4.69) is 93.3 Å². The number of nitrogens with two attached hydrogens (primary N) is 1. The van der Waals surface area contributed by atoms with Gasteiger partial charge in [-0.25, -0.2) is 29.5 Å². The Balaban J connectivity index is 0.000000160. The molecule has 12 aromatic rings. The van der Waals surface area contributed by atoms with Crippen molar-refractivity contribution < 1.29 is 54.4 Å². The molecule has 3 spiro atoms. The van der Waals surface area contributed by atoms with Crippen LogP contribution in [0.5, 0.6) is 0 Å². The Morgan fingerprint density at radius 1 is 0.534 bits per heavy atom. The molecule has 31 heteroatoms. The molecule has 3 aliphatic heterocycles. The van der Waals surface area contributed by atoms with Gasteiger partial charge in [0.2, 0.25) is 17.8 Å². The molecule has 118 heavy (non-hydrogen) atoms. The van der Waals surface area contributed by atoms with Gasteiger partial charge in [-0.15, -0.1) is 6.20 Å². The summed E-state index contributed by atoms with van der Waals surface area (Å²) < 4.78 is 32.7. The summed E-state index contributed by atoms with van der Waals surface area (Å²) in [6.45, 7) is 16.9. The number of nitriles is 3. The number of fused-ring (bicyclic) bond motifs is 6. The first-order valence-electron chi connectivity index (χ1n) is 39.8. The number of carbonyl (C=O) groups is 2. The Morgan fingerprint density at radius 2 is 0.915 bits per heavy atom. The summed E-state index contributed by atoms with van der Waals surface area (Å²) >= 11 is 9.13. The minimum atomic E-state index is -1.00. The van der Waals surface area contributed by atoms with Crippen molar-refractivity contribution in [1.29, 1.82) is 15.8 Å². The number of pyridine rings is 3. The number of carbonyl (C=O) groups excluding carboxylic acids is 2. The molecule has 9 aromatic heterocycles. The van der Waals surface area contributed by atoms with Crippen LogP contribution in [0.4, 0.5) is 31.8 Å². The maximum atomic E-state index is 12.5. The van der Waals surface area contributed by atoms with Crippen LogP contribution < -0.4 is 60.6 Å². The summed E-state index contributed by atoms with van der Waals surface area (Å²) in [4.78, 5) is 76.7. The summed E-state index contributed by atoms with van der Waals surface area (Å²) in [5, 5.41) is 37.4. The normalized spacial score (nSPS) is 18.3. The molecule has 2 amide bonds. The number of para-hydroxylation sites is 3. The van der Waals surface area contributed by atoms with E-state index in [9.17, 15) is 24.5 Å². The van der Waals surface area contributed by atoms with Crippen molar-refractivity contribution >= 4 is 128 Å². The zero-order valence-corrected chi connectivity index (χ0v) is 72.2. The molecule has 0 radical (unpaired) electrons. The number of alkyl halides is 1. The first kappa shape index (κ1) is 87.7. The maximum absolute atomic E-state index is 12.5. The average molecular weight is 1680 g/mol. The molecular weight excluding hydrogens is 1580 g/mol. The van der Waals surface area contributed by atoms with Crippen molar-refractivity contribution in [3.8, 4) is 18.2 Å². The predicted octanol–water partition coefficient (Wildman–Crippen LogP) is 14.3. The van der Waals surface area contributed by atoms with Crippen molar-refractivity contribution in [2.75, 3.05) is 61.1 Å². The van der Waals surface area contributed by atoms with Gasteiger partial charge in [0.25, 0.3) is 0 Å². The first-order chi connectivity index (χ1) is 56.0. The minimum absolute atomic E-state index is 0. The summed E-state index contributed by atoms with van der Waals surface area (Å²) in [6, 6.07) is 32.7. The van der Waals surface area contributed by atoms with Crippen LogP contribution in [0.25, 0.3) is 49.7 Å². The van der Waals surface area contributed by atoms with Gasteiger partial charge in [-0.3, -0.25) is 38.1 Å². The van der Waals surface area contributed by atoms with Crippen LogP contribution in [0.1, 0.15) is 163 Å². The van der Waals surface area contributed by atoms with Crippen molar-refractivity contribution in [1.82, 2.24) is 68.7 Å². The summed E-state index contributed by atoms with van der Waals surface area (Å²) in [5.41, 5.74) is 12.4. The van der Waals surface area contributed by atoms with E-state index < -0.39 is 18.4 Å². The molecule has 3 saturated carbocycles. The number of hydrogen-bond donors (Lipinski definition) is 3. The van der Waals surface area contributed by atoms with Gasteiger partial charge >= 0.3 is 41.7 Å². The van der Waals surface area contributed by atoms with E-state index in [0.29, 0.717) is 44.2 Å². The number of piperidine rings is 3. The van der Waals surface area contributed by atoms with Crippen molar-refractivity contribution in [2.24, 2.45) is 22.0 Å². The minimum Gasteiger partial charge on any atom is -0.813 e. The maximum Gasteiger partial charge on any atom is 1.00 e. The fourth-order valence-electron chi connectivity index (χ4n) is 17.6. The molecule has 0 unspecified atom stereocenters. The standard InChI is InChI=1S/C30H33N7O2S.C25H25N7S.C20H28N5O2.C10H5ClN2.CH3F.CH4.Na.H2S/c1-29(2,3)39-28(38)35-24-8-5-10-30(24)11-15-36(16-12-30)27-34-19-23(26-33-14-17-37(26)27)40-22-9-13-32-25-20(18-31)6-4-7-21(22)25;26-15-17-3-1-4-18-19(6-10-28-22(17)18)33-20-16-30-24(32-14-11-29-23(20)32)31-12-8-25(9-13-31)7-2-5-21(25)27;1-19(2,3)27-18(26)23-15-5-4-7-20(15)8-12-24(13-9-20)17-22-10-6-16-21-11-14-25(16)17;11-9-4-5-13-10-7(6-12)2-1-3-8(9)10;1-2;;;/h4,6-7,9,13-14,17,19,24H,5,8,10-12,15-16H2,1-3H3,(H,35,38);1,3-4,6,10-11,14,16,21H,2,5,7-9,12-13,27H2;10-11,14-15H,4-5,7-9,12-13H2,1-3H3,(H,23,26);1-5H;1H3;1H4;;1H2/q;;-1;;;;+1;/p-1/t24-;21-;15-;;;;;/m111...../s1/i;;;;1D;;;. The molecule has 18 rings (SSSR count). The van der Waals surface area contributed by atoms with Gasteiger partial charge in [-0.05, 0) is 177 Å². The van der Waals surface area contributed by atoms with E-state index in [-0.39, 0.29) is 85.6 Å². The van der Waals surface area contributed by atoms with E-state index >= 15 is 0 Å². The van der Waals surface area contributed by atoms with Crippen LogP contribution in [0.3, 0.4) is 0 Å². The number of rotatable bonds is 9. The zero-order valence-electron chi connectivity index (χ0n) is 67.9. The molecule has 6 fully saturated rings. The number of nitrogens with one attached hydrogen (secondary N) is 2. The zero-order chi connectivity index (χ0) is 81.4. The summed E-state index contributed by atoms with van der Waals surface area (Å²) in [7, 11) is -1.00. The Kier molecular flexibility index (Phi) is 28.7. The van der Waals surface area contributed by atoms with Gasteiger partial charge in [0.15, 0.2) is 11.3 Å². The van der Waals surface area contributed by atoms with Crippen LogP contribution in [-0.2, 0) is 23.0 Å². The topological polar surface area (TPSA) is 313 Å². The third-order valence-electron chi connectivity index (χ3n) is 23.3. The van der Waals surface area contributed by atoms with Gasteiger partial charge in [0, 0.05) is 152 Å². The average Bonchev–Trinajstić information content (AvgIpc) is 1.68. The van der Waals surface area contributed by atoms with E-state index in [0.717, 1.165) is 199 Å². The van der Waals surface area contributed by atoms with E-state index in [1.165, 1.54) is 12.8 Å². The molecule has 3 aliphatic carbocycles. The molecule has 0 bridgehead atoms. The molecular formula is C87H99ClFN21NaO4S3-. The number of alkyl carbamates (subject to hydrolysis) is 2. The van der Waals surface area contributed by atoms with Crippen molar-refractivity contribution in [3.05, 3.63) is 175 Å². The number of thiol groups is 1. The molecule has 610 valence electrons. The number of amides is 2. The van der Waals surface area contributed by atoms with Crippen LogP contribution in [0, 0.1) is 56.3 Å². The van der Waals surface area contributed by atoms with Gasteiger partial charge in [-0.2, -0.15) is 15.8 Å². The monoisotopic (exact) mass is 1680 g/mol. The van der Waals surface area contributed by atoms with E-state index in [1.54, 1.807) is 84.8 Å². The Labute approximate surface area is 732 Å². The van der Waals surface area contributed by atoms with Gasteiger partial charge in [0.1, 0.15) is 29.4 Å². The molecule has 3 aromatic carbocycles. The van der Waals surface area contributed by atoms with Crippen LogP contribution in [-0.4, -0.2) is 146 Å². The molecule has 3 saturated heterocycles. The van der Waals surface area contributed by atoms with E-state index in [1.807, 2.05) is 132 Å². The summed E-state index contributed by atoms with van der Waals surface area (Å²) in [6.07, 6.45) is 37.9. The largest absolute Gasteiger partial charge is 1.00 e. The Morgan fingerprint density at radius 3 is 1.34 bits per heavy atom. The number of aromatic nitrogens is 12. The molecule has 6 aliphatic rings. The van der Waals surface area contributed by atoms with Gasteiger partial charge < -0.3 is 64.5 Å². The van der Waals surface area contributed by atoms with E-state index in [4.69, 9.17) is 43.4 Å². The van der Waals surface area contributed by atoms with Crippen LogP contribution >= 0.6 is 35.1 Å². The van der Waals surface area contributed by atoms with Gasteiger partial charge in [0.05, 0.1) is 56.6 Å². The number of nitrogens with zero attached hydrogens (tertiary/aromatic N) is 18. The number of ether oxygens (including phenoxy) is 2. The molecule has 25 nitrogen and oxygen atoms in total. The Bertz CT molecular complexity index is 5680.